The molecular weight excluding hydrogens is 611 g/mol. The van der Waals surface area contributed by atoms with E-state index in [1.807, 2.05) is 36.4 Å². The largest absolute Gasteiger partial charge is 0.497 e. The molecule has 3 aromatic carbocycles. The topological polar surface area (TPSA) is 77.1 Å². The molecule has 0 aliphatic carbocycles. The smallest absolute Gasteiger partial charge is 0.285 e. The van der Waals surface area contributed by atoms with Gasteiger partial charge in [0.2, 0.25) is 0 Å². The van der Waals surface area contributed by atoms with E-state index in [-0.39, 0.29) is 4.32 Å². The fourth-order valence-corrected chi connectivity index (χ4v) is 5.28. The molecule has 1 fully saturated rings. The van der Waals surface area contributed by atoms with Crippen molar-refractivity contribution in [3.8, 4) is 17.2 Å². The number of carbonyl (C=O) groups is 2. The normalized spacial score (nSPS) is 14.2. The van der Waals surface area contributed by atoms with Gasteiger partial charge in [0, 0.05) is 5.56 Å². The zero-order valence-corrected chi connectivity index (χ0v) is 23.1. The van der Waals surface area contributed by atoms with Crippen LogP contribution in [-0.2, 0) is 11.4 Å². The van der Waals surface area contributed by atoms with E-state index in [1.165, 1.54) is 0 Å². The summed E-state index contributed by atoms with van der Waals surface area (Å²) < 4.78 is 17.7. The van der Waals surface area contributed by atoms with Gasteiger partial charge in [0.1, 0.15) is 12.4 Å². The third-order valence-electron chi connectivity index (χ3n) is 5.13. The van der Waals surface area contributed by atoms with Crippen LogP contribution in [0, 0.1) is 3.57 Å². The summed E-state index contributed by atoms with van der Waals surface area (Å²) in [5.41, 5.74) is 4.74. The zero-order valence-electron chi connectivity index (χ0n) is 19.3. The van der Waals surface area contributed by atoms with Gasteiger partial charge in [-0.1, -0.05) is 42.1 Å². The summed E-state index contributed by atoms with van der Waals surface area (Å²) in [5.74, 6) is 0.934. The molecule has 2 amide bonds. The molecule has 184 valence electrons. The number of ether oxygens (including phenoxy) is 3. The molecule has 0 spiro atoms. The molecule has 0 atom stereocenters. The number of amides is 2. The third kappa shape index (κ3) is 6.00. The lowest BCUT2D eigenvalue weighted by Crippen LogP contribution is -2.44. The van der Waals surface area contributed by atoms with E-state index in [2.05, 4.69) is 28.0 Å². The Balaban J connectivity index is 1.49. The van der Waals surface area contributed by atoms with Gasteiger partial charge in [0.05, 0.1) is 22.7 Å². The van der Waals surface area contributed by atoms with Crippen LogP contribution in [0.25, 0.3) is 6.08 Å². The molecule has 0 bridgehead atoms. The van der Waals surface area contributed by atoms with Crippen LogP contribution < -0.4 is 19.6 Å². The minimum Gasteiger partial charge on any atom is -0.497 e. The maximum absolute atomic E-state index is 13.0. The van der Waals surface area contributed by atoms with Gasteiger partial charge >= 0.3 is 0 Å². The monoisotopic (exact) mass is 632 g/mol. The second kappa shape index (κ2) is 11.8. The van der Waals surface area contributed by atoms with E-state index in [4.69, 9.17) is 26.4 Å². The number of benzene rings is 3. The Morgan fingerprint density at radius 2 is 1.81 bits per heavy atom. The number of thioether (sulfide) groups is 1. The molecule has 3 aromatic rings. The van der Waals surface area contributed by atoms with Crippen LogP contribution in [0.5, 0.6) is 17.2 Å². The number of carbonyl (C=O) groups excluding carboxylic acids is 2. The lowest BCUT2D eigenvalue weighted by atomic mass is 10.1. The van der Waals surface area contributed by atoms with Gasteiger partial charge in [0.25, 0.3) is 11.8 Å². The predicted molar refractivity (Wildman–Crippen MR) is 152 cm³/mol. The number of hydrogen-bond donors (Lipinski definition) is 1. The van der Waals surface area contributed by atoms with Crippen molar-refractivity contribution in [3.05, 3.63) is 91.9 Å². The number of halogens is 1. The Labute approximate surface area is 231 Å². The van der Waals surface area contributed by atoms with Gasteiger partial charge in [-0.25, -0.2) is 0 Å². The molecule has 1 aliphatic heterocycles. The molecule has 36 heavy (non-hydrogen) atoms. The fourth-order valence-electron chi connectivity index (χ4n) is 3.32. The standard InChI is InChI=1S/C26H21IN2O5S2/c1-32-19-10-8-18(9-11-19)24(30)28-29-25(31)22(36-26(29)35)14-17-12-20(27)23(21(13-17)33-2)34-15-16-6-4-3-5-7-16/h3-14H,15H2,1-2H3,(H,28,30)/b22-14+. The van der Waals surface area contributed by atoms with Crippen LogP contribution in [0.15, 0.2) is 71.6 Å². The lowest BCUT2D eigenvalue weighted by Gasteiger charge is -2.15. The second-order valence-corrected chi connectivity index (χ2v) is 10.3. The first-order chi connectivity index (χ1) is 17.4. The average Bonchev–Trinajstić information content (AvgIpc) is 3.15. The van der Waals surface area contributed by atoms with E-state index in [0.717, 1.165) is 31.5 Å². The zero-order chi connectivity index (χ0) is 25.7. The van der Waals surface area contributed by atoms with Crippen molar-refractivity contribution in [1.82, 2.24) is 10.4 Å². The van der Waals surface area contributed by atoms with Gasteiger partial charge in [-0.15, -0.1) is 0 Å². The van der Waals surface area contributed by atoms with E-state index >= 15 is 0 Å². The van der Waals surface area contributed by atoms with Gasteiger partial charge in [0.15, 0.2) is 15.8 Å². The molecule has 0 aromatic heterocycles. The molecule has 1 heterocycles. The van der Waals surface area contributed by atoms with Crippen LogP contribution in [0.3, 0.4) is 0 Å². The third-order valence-corrected chi connectivity index (χ3v) is 7.24. The SMILES string of the molecule is COc1ccc(C(=O)NN2C(=O)/C(=C\c3cc(I)c(OCc4ccccc4)c(OC)c3)SC2=S)cc1. The van der Waals surface area contributed by atoms with Crippen molar-refractivity contribution >= 4 is 68.8 Å². The molecule has 0 saturated carbocycles. The second-order valence-electron chi connectivity index (χ2n) is 7.49. The molecule has 4 rings (SSSR count). The van der Waals surface area contributed by atoms with E-state index in [1.54, 1.807) is 50.6 Å². The Morgan fingerprint density at radius 1 is 1.08 bits per heavy atom. The fraction of sp³-hybridized carbons (Fsp3) is 0.115. The highest BCUT2D eigenvalue weighted by molar-refractivity contribution is 14.1. The van der Waals surface area contributed by atoms with Gasteiger partial charge in [-0.05, 0) is 88.4 Å². The number of hydrazine groups is 1. The minimum atomic E-state index is -0.452. The highest BCUT2D eigenvalue weighted by atomic mass is 127. The Hall–Kier alpha value is -3.09. The maximum atomic E-state index is 13.0. The Kier molecular flexibility index (Phi) is 8.49. The van der Waals surface area contributed by atoms with Crippen molar-refractivity contribution in [2.45, 2.75) is 6.61 Å². The highest BCUT2D eigenvalue weighted by Crippen LogP contribution is 2.37. The van der Waals surface area contributed by atoms with Gasteiger partial charge < -0.3 is 14.2 Å². The molecule has 1 aliphatic rings. The predicted octanol–water partition coefficient (Wildman–Crippen LogP) is 5.43. The first kappa shape index (κ1) is 26.0. The summed E-state index contributed by atoms with van der Waals surface area (Å²) in [5, 5.41) is 1.08. The van der Waals surface area contributed by atoms with Crippen molar-refractivity contribution in [3.63, 3.8) is 0 Å². The van der Waals surface area contributed by atoms with E-state index in [0.29, 0.717) is 34.3 Å². The van der Waals surface area contributed by atoms with Crippen LogP contribution in [-0.4, -0.2) is 35.4 Å². The van der Waals surface area contributed by atoms with E-state index < -0.39 is 11.8 Å². The molecule has 7 nitrogen and oxygen atoms in total. The summed E-state index contributed by atoms with van der Waals surface area (Å²) in [4.78, 5) is 26.0. The number of methoxy groups -OCH3 is 2. The van der Waals surface area contributed by atoms with Crippen molar-refractivity contribution in [2.24, 2.45) is 0 Å². The Bertz CT molecular complexity index is 1330. The molecule has 10 heteroatoms. The highest BCUT2D eigenvalue weighted by Gasteiger charge is 2.34. The summed E-state index contributed by atoms with van der Waals surface area (Å²) in [6.45, 7) is 0.402. The van der Waals surface area contributed by atoms with Crippen LogP contribution >= 0.6 is 46.6 Å². The quantitative estimate of drug-likeness (QED) is 0.202. The number of hydrogen-bond acceptors (Lipinski definition) is 7. The van der Waals surface area contributed by atoms with Gasteiger partial charge in [-0.2, -0.15) is 5.01 Å². The number of rotatable bonds is 8. The summed E-state index contributed by atoms with van der Waals surface area (Å²) in [6, 6.07) is 20.1. The van der Waals surface area contributed by atoms with Crippen molar-refractivity contribution in [1.29, 1.82) is 0 Å². The summed E-state index contributed by atoms with van der Waals surface area (Å²) in [7, 11) is 3.11. The van der Waals surface area contributed by atoms with Gasteiger partial charge in [-0.3, -0.25) is 15.0 Å². The minimum absolute atomic E-state index is 0.234. The number of nitrogens with one attached hydrogen (secondary N) is 1. The molecule has 1 saturated heterocycles. The van der Waals surface area contributed by atoms with Crippen molar-refractivity contribution < 1.29 is 23.8 Å². The van der Waals surface area contributed by atoms with Crippen LogP contribution in [0.4, 0.5) is 0 Å². The first-order valence-electron chi connectivity index (χ1n) is 10.7. The average molecular weight is 633 g/mol. The first-order valence-corrected chi connectivity index (χ1v) is 13.0. The van der Waals surface area contributed by atoms with Crippen LogP contribution in [0.1, 0.15) is 21.5 Å². The number of nitrogens with zero attached hydrogens (tertiary/aromatic N) is 1. The Morgan fingerprint density at radius 3 is 2.47 bits per heavy atom. The summed E-state index contributed by atoms with van der Waals surface area (Å²) in [6.07, 6.45) is 1.71. The lowest BCUT2D eigenvalue weighted by molar-refractivity contribution is -0.123. The van der Waals surface area contributed by atoms with Crippen LogP contribution in [0.2, 0.25) is 0 Å². The summed E-state index contributed by atoms with van der Waals surface area (Å²) >= 11 is 8.63. The van der Waals surface area contributed by atoms with E-state index in [9.17, 15) is 9.59 Å². The molecule has 0 radical (unpaired) electrons. The maximum Gasteiger partial charge on any atom is 0.285 e. The number of thiocarbonyl (C=S) groups is 1. The molecule has 1 N–H and O–H groups in total. The van der Waals surface area contributed by atoms with Crippen molar-refractivity contribution in [2.75, 3.05) is 14.2 Å². The molecule has 0 unspecified atom stereocenters. The molecular formula is C26H21IN2O5S2.